The normalized spacial score (nSPS) is 11.8. The van der Waals surface area contributed by atoms with Crippen molar-refractivity contribution in [1.29, 1.82) is 0 Å². The molecule has 0 saturated heterocycles. The summed E-state index contributed by atoms with van der Waals surface area (Å²) in [5, 5.41) is 8.39. The van der Waals surface area contributed by atoms with Gasteiger partial charge in [0.15, 0.2) is 7.14 Å². The zero-order chi connectivity index (χ0) is 35.4. The summed E-state index contributed by atoms with van der Waals surface area (Å²) in [5.41, 5.74) is 8.59. The lowest BCUT2D eigenvalue weighted by Crippen LogP contribution is -2.24. The minimum absolute atomic E-state index is 0.815. The molecule has 0 bridgehead atoms. The highest BCUT2D eigenvalue weighted by Crippen LogP contribution is 2.44. The molecule has 53 heavy (non-hydrogen) atoms. The topological polar surface area (TPSA) is 34.9 Å². The summed E-state index contributed by atoms with van der Waals surface area (Å²) in [4.78, 5) is 5.33. The van der Waals surface area contributed by atoms with Crippen LogP contribution in [-0.4, -0.2) is 9.55 Å². The van der Waals surface area contributed by atoms with Crippen LogP contribution in [0.25, 0.3) is 71.6 Å². The van der Waals surface area contributed by atoms with E-state index in [1.54, 1.807) is 0 Å². The Hall–Kier alpha value is -6.54. The fourth-order valence-electron chi connectivity index (χ4n) is 8.01. The lowest BCUT2D eigenvalue weighted by molar-refractivity contribution is 0.592. The molecular formula is C49H33N2OP. The predicted octanol–water partition coefficient (Wildman–Crippen LogP) is 11.5. The molecule has 0 atom stereocenters. The molecule has 0 N–H and O–H groups in total. The summed E-state index contributed by atoms with van der Waals surface area (Å²) in [6.45, 7) is 0. The monoisotopic (exact) mass is 696 g/mol. The Morgan fingerprint density at radius 2 is 0.981 bits per heavy atom. The standard InChI is InChI=1S/C49H33N2OP/c52-53(38-19-6-2-7-20-38,39-21-8-3-9-22-39)40-29-27-34(28-30-40)35-15-14-16-36(33-35)49-43-31-32-46-48(47(43)41-23-10-12-25-44(41)50-49)42-24-11-13-26-45(42)51(46)37-17-4-1-5-18-37/h1-33H. The van der Waals surface area contributed by atoms with Crippen molar-refractivity contribution in [2.45, 2.75) is 0 Å². The number of hydrogen-bond acceptors (Lipinski definition) is 2. The zero-order valence-electron chi connectivity index (χ0n) is 28.8. The number of nitrogens with zero attached hydrogens (tertiary/aromatic N) is 2. The van der Waals surface area contributed by atoms with Gasteiger partial charge < -0.3 is 9.13 Å². The van der Waals surface area contributed by atoms with E-state index in [2.05, 4.69) is 132 Å². The van der Waals surface area contributed by atoms with Crippen LogP contribution in [0.4, 0.5) is 0 Å². The molecule has 0 aliphatic heterocycles. The molecule has 2 heterocycles. The third-order valence-electron chi connectivity index (χ3n) is 10.5. The molecule has 2 aromatic heterocycles. The van der Waals surface area contributed by atoms with Gasteiger partial charge in [-0.2, -0.15) is 0 Å². The van der Waals surface area contributed by atoms with Crippen LogP contribution in [0.1, 0.15) is 0 Å². The third kappa shape index (κ3) is 5.04. The van der Waals surface area contributed by atoms with Gasteiger partial charge in [0.25, 0.3) is 0 Å². The van der Waals surface area contributed by atoms with Crippen molar-refractivity contribution >= 4 is 66.5 Å². The highest BCUT2D eigenvalue weighted by Gasteiger charge is 2.29. The molecule has 10 rings (SSSR count). The SMILES string of the molecule is O=P(c1ccccc1)(c1ccccc1)c1ccc(-c2cccc(-c3nc4ccccc4c4c3ccc3c4c4ccccc4n3-c3ccccc3)c2)cc1. The number of hydrogen-bond donors (Lipinski definition) is 0. The number of fused-ring (bicyclic) bond motifs is 7. The van der Waals surface area contributed by atoms with Crippen LogP contribution < -0.4 is 15.9 Å². The van der Waals surface area contributed by atoms with E-state index in [1.165, 1.54) is 27.2 Å². The molecular weight excluding hydrogens is 664 g/mol. The van der Waals surface area contributed by atoms with Crippen molar-refractivity contribution in [2.75, 3.05) is 0 Å². The quantitative estimate of drug-likeness (QED) is 0.128. The van der Waals surface area contributed by atoms with Crippen molar-refractivity contribution in [2.24, 2.45) is 0 Å². The first-order valence-electron chi connectivity index (χ1n) is 17.9. The van der Waals surface area contributed by atoms with Crippen LogP contribution in [0, 0.1) is 0 Å². The Bertz CT molecular complexity index is 2960. The summed E-state index contributed by atoms with van der Waals surface area (Å²) in [5.74, 6) is 0. The fraction of sp³-hybridized carbons (Fsp3) is 0. The van der Waals surface area contributed by atoms with E-state index >= 15 is 0 Å². The van der Waals surface area contributed by atoms with E-state index in [-0.39, 0.29) is 0 Å². The number of para-hydroxylation sites is 3. The molecule has 250 valence electrons. The largest absolute Gasteiger partial charge is 0.309 e. The van der Waals surface area contributed by atoms with E-state index in [0.717, 1.165) is 60.3 Å². The maximum Gasteiger partial charge on any atom is 0.171 e. The molecule has 0 aliphatic carbocycles. The summed E-state index contributed by atoms with van der Waals surface area (Å²) in [7, 11) is -3.06. The van der Waals surface area contributed by atoms with Crippen LogP contribution in [0.5, 0.6) is 0 Å². The molecule has 0 unspecified atom stereocenters. The van der Waals surface area contributed by atoms with E-state index in [4.69, 9.17) is 4.98 Å². The van der Waals surface area contributed by atoms with Crippen molar-refractivity contribution in [3.8, 4) is 28.1 Å². The molecule has 0 spiro atoms. The predicted molar refractivity (Wildman–Crippen MR) is 224 cm³/mol. The van der Waals surface area contributed by atoms with Crippen molar-refractivity contribution in [3.63, 3.8) is 0 Å². The van der Waals surface area contributed by atoms with Gasteiger partial charge in [-0.25, -0.2) is 4.98 Å². The maximum absolute atomic E-state index is 15.0. The minimum Gasteiger partial charge on any atom is -0.309 e. The average Bonchev–Trinajstić information content (AvgIpc) is 3.58. The van der Waals surface area contributed by atoms with Gasteiger partial charge in [0.1, 0.15) is 0 Å². The smallest absolute Gasteiger partial charge is 0.171 e. The molecule has 3 nitrogen and oxygen atoms in total. The Kier molecular flexibility index (Phi) is 7.42. The van der Waals surface area contributed by atoms with E-state index in [9.17, 15) is 4.57 Å². The molecule has 0 aliphatic rings. The molecule has 4 heteroatoms. The Balaban J connectivity index is 1.14. The lowest BCUT2D eigenvalue weighted by atomic mass is 9.95. The fourth-order valence-corrected chi connectivity index (χ4v) is 10.7. The number of pyridine rings is 1. The Morgan fingerprint density at radius 3 is 1.70 bits per heavy atom. The molecule has 0 fully saturated rings. The van der Waals surface area contributed by atoms with Crippen LogP contribution in [0.2, 0.25) is 0 Å². The van der Waals surface area contributed by atoms with E-state index in [0.29, 0.717) is 0 Å². The summed E-state index contributed by atoms with van der Waals surface area (Å²) in [6, 6.07) is 68.9. The molecule has 10 aromatic rings. The van der Waals surface area contributed by atoms with Crippen LogP contribution in [0.3, 0.4) is 0 Å². The Labute approximate surface area is 307 Å². The second-order valence-electron chi connectivity index (χ2n) is 13.5. The van der Waals surface area contributed by atoms with Gasteiger partial charge in [-0.1, -0.05) is 164 Å². The first kappa shape index (κ1) is 31.2. The van der Waals surface area contributed by atoms with Crippen molar-refractivity contribution in [3.05, 3.63) is 200 Å². The summed E-state index contributed by atoms with van der Waals surface area (Å²) in [6.07, 6.45) is 0. The number of benzene rings is 8. The van der Waals surface area contributed by atoms with Gasteiger partial charge in [-0.3, -0.25) is 0 Å². The molecule has 0 radical (unpaired) electrons. The highest BCUT2D eigenvalue weighted by molar-refractivity contribution is 7.85. The number of aromatic nitrogens is 2. The molecule has 0 saturated carbocycles. The maximum atomic E-state index is 15.0. The lowest BCUT2D eigenvalue weighted by Gasteiger charge is -2.20. The second kappa shape index (κ2) is 12.6. The van der Waals surface area contributed by atoms with E-state index in [1.807, 2.05) is 72.8 Å². The van der Waals surface area contributed by atoms with Crippen LogP contribution in [-0.2, 0) is 4.57 Å². The third-order valence-corrected chi connectivity index (χ3v) is 13.5. The van der Waals surface area contributed by atoms with Gasteiger partial charge in [-0.05, 0) is 47.5 Å². The summed E-state index contributed by atoms with van der Waals surface area (Å²) >= 11 is 0. The van der Waals surface area contributed by atoms with Crippen molar-refractivity contribution < 1.29 is 4.57 Å². The number of rotatable bonds is 6. The first-order valence-corrected chi connectivity index (χ1v) is 19.6. The van der Waals surface area contributed by atoms with Gasteiger partial charge in [0, 0.05) is 54.1 Å². The first-order chi connectivity index (χ1) is 26.2. The molecule has 0 amide bonds. The zero-order valence-corrected chi connectivity index (χ0v) is 29.7. The van der Waals surface area contributed by atoms with Gasteiger partial charge in [-0.15, -0.1) is 0 Å². The molecule has 8 aromatic carbocycles. The van der Waals surface area contributed by atoms with Gasteiger partial charge in [0.05, 0.1) is 22.2 Å². The summed E-state index contributed by atoms with van der Waals surface area (Å²) < 4.78 is 17.4. The van der Waals surface area contributed by atoms with E-state index < -0.39 is 7.14 Å². The van der Waals surface area contributed by atoms with Crippen LogP contribution in [0.15, 0.2) is 200 Å². The highest BCUT2D eigenvalue weighted by atomic mass is 31.2. The van der Waals surface area contributed by atoms with Crippen molar-refractivity contribution in [1.82, 2.24) is 9.55 Å². The average molecular weight is 697 g/mol. The second-order valence-corrected chi connectivity index (χ2v) is 16.2. The Morgan fingerprint density at radius 1 is 0.396 bits per heavy atom. The van der Waals surface area contributed by atoms with Crippen LogP contribution >= 0.6 is 7.14 Å². The minimum atomic E-state index is -3.06. The van der Waals surface area contributed by atoms with Gasteiger partial charge in [0.2, 0.25) is 0 Å². The van der Waals surface area contributed by atoms with Gasteiger partial charge >= 0.3 is 0 Å².